The first-order valence-corrected chi connectivity index (χ1v) is 8.66. The maximum absolute atomic E-state index is 12.6. The number of rotatable bonds is 10. The van der Waals surface area contributed by atoms with Crippen LogP contribution in [-0.2, 0) is 25.6 Å². The Morgan fingerprint density at radius 3 is 2.07 bits per heavy atom. The molecule has 10 nitrogen and oxygen atoms in total. The van der Waals surface area contributed by atoms with Gasteiger partial charge in [0.1, 0.15) is 17.8 Å². The van der Waals surface area contributed by atoms with Crippen molar-refractivity contribution in [3.63, 3.8) is 0 Å². The van der Waals surface area contributed by atoms with Crippen LogP contribution < -0.4 is 22.1 Å². The molecular weight excluding hydrogens is 368 g/mol. The summed E-state index contributed by atoms with van der Waals surface area (Å²) in [4.78, 5) is 47.1. The van der Waals surface area contributed by atoms with Crippen LogP contribution in [0.5, 0.6) is 5.75 Å². The molecule has 3 unspecified atom stereocenters. The largest absolute Gasteiger partial charge is 0.508 e. The van der Waals surface area contributed by atoms with Gasteiger partial charge in [-0.2, -0.15) is 0 Å². The van der Waals surface area contributed by atoms with Crippen LogP contribution >= 0.6 is 0 Å². The summed E-state index contributed by atoms with van der Waals surface area (Å²) in [6, 6.07) is 2.41. The van der Waals surface area contributed by atoms with Crippen molar-refractivity contribution in [1.82, 2.24) is 10.6 Å². The summed E-state index contributed by atoms with van der Waals surface area (Å²) in [6.45, 7) is 3.33. The predicted molar refractivity (Wildman–Crippen MR) is 99.9 cm³/mol. The number of nitrogens with two attached hydrogens (primary N) is 2. The van der Waals surface area contributed by atoms with E-state index in [0.29, 0.717) is 5.56 Å². The fourth-order valence-corrected chi connectivity index (χ4v) is 2.43. The summed E-state index contributed by atoms with van der Waals surface area (Å²) in [5, 5.41) is 23.5. The number of hydrogen-bond donors (Lipinski definition) is 6. The first-order chi connectivity index (χ1) is 13.0. The third-order valence-electron chi connectivity index (χ3n) is 4.00. The van der Waals surface area contributed by atoms with Gasteiger partial charge in [-0.1, -0.05) is 26.0 Å². The average molecular weight is 394 g/mol. The number of aromatic hydroxyl groups is 1. The quantitative estimate of drug-likeness (QED) is 0.289. The fraction of sp³-hybridized carbons (Fsp3) is 0.444. The topological polar surface area (TPSA) is 185 Å². The smallest absolute Gasteiger partial charge is 0.326 e. The van der Waals surface area contributed by atoms with Crippen LogP contribution in [0.2, 0.25) is 0 Å². The molecule has 1 rings (SSSR count). The summed E-state index contributed by atoms with van der Waals surface area (Å²) in [6.07, 6.45) is -0.391. The molecule has 154 valence electrons. The Hall–Kier alpha value is -3.14. The van der Waals surface area contributed by atoms with Gasteiger partial charge in [0.2, 0.25) is 17.7 Å². The summed E-state index contributed by atoms with van der Waals surface area (Å²) < 4.78 is 0. The molecule has 0 aliphatic carbocycles. The Morgan fingerprint density at radius 1 is 1.04 bits per heavy atom. The minimum atomic E-state index is -1.25. The van der Waals surface area contributed by atoms with Gasteiger partial charge >= 0.3 is 5.97 Å². The first-order valence-electron chi connectivity index (χ1n) is 8.66. The van der Waals surface area contributed by atoms with E-state index in [4.69, 9.17) is 11.5 Å². The normalized spacial score (nSPS) is 14.0. The van der Waals surface area contributed by atoms with Crippen LogP contribution in [-0.4, -0.2) is 52.0 Å². The lowest BCUT2D eigenvalue weighted by Gasteiger charge is -2.25. The molecule has 8 N–H and O–H groups in total. The molecule has 3 atom stereocenters. The van der Waals surface area contributed by atoms with Gasteiger partial charge in [0.15, 0.2) is 0 Å². The van der Waals surface area contributed by atoms with Crippen molar-refractivity contribution in [2.24, 2.45) is 17.4 Å². The maximum atomic E-state index is 12.6. The number of hydrogen-bond acceptors (Lipinski definition) is 6. The van der Waals surface area contributed by atoms with E-state index in [1.54, 1.807) is 26.0 Å². The lowest BCUT2D eigenvalue weighted by molar-refractivity contribution is -0.142. The highest BCUT2D eigenvalue weighted by Gasteiger charge is 2.30. The molecule has 0 aliphatic rings. The zero-order chi connectivity index (χ0) is 21.4. The van der Waals surface area contributed by atoms with Crippen LogP contribution in [0.1, 0.15) is 25.8 Å². The van der Waals surface area contributed by atoms with E-state index in [-0.39, 0.29) is 24.5 Å². The Morgan fingerprint density at radius 2 is 1.61 bits per heavy atom. The third kappa shape index (κ3) is 7.23. The highest BCUT2D eigenvalue weighted by atomic mass is 16.4. The third-order valence-corrected chi connectivity index (χ3v) is 4.00. The van der Waals surface area contributed by atoms with E-state index in [9.17, 15) is 29.4 Å². The zero-order valence-electron chi connectivity index (χ0n) is 15.7. The number of aliphatic carboxylic acids is 1. The minimum Gasteiger partial charge on any atom is -0.508 e. The van der Waals surface area contributed by atoms with Gasteiger partial charge in [-0.05, 0) is 23.6 Å². The second-order valence-electron chi connectivity index (χ2n) is 6.78. The molecule has 0 saturated carbocycles. The van der Waals surface area contributed by atoms with E-state index >= 15 is 0 Å². The monoisotopic (exact) mass is 394 g/mol. The zero-order valence-corrected chi connectivity index (χ0v) is 15.7. The van der Waals surface area contributed by atoms with Crippen LogP contribution in [0.3, 0.4) is 0 Å². The lowest BCUT2D eigenvalue weighted by Crippen LogP contribution is -2.57. The van der Waals surface area contributed by atoms with E-state index in [2.05, 4.69) is 10.6 Å². The van der Waals surface area contributed by atoms with E-state index in [1.807, 2.05) is 0 Å². The standard InChI is InChI=1S/C18H26N4O6/c1-9(2)15(22-16(25)12(19)8-14(20)24)17(26)21-13(18(27)28)7-10-3-5-11(23)6-4-10/h3-6,9,12-13,15,23H,7-8,19H2,1-2H3,(H2,20,24)(H,21,26)(H,22,25)(H,27,28). The molecule has 3 amide bonds. The van der Waals surface area contributed by atoms with Crippen LogP contribution in [0.4, 0.5) is 0 Å². The second-order valence-corrected chi connectivity index (χ2v) is 6.78. The number of carboxylic acids is 1. The van der Waals surface area contributed by atoms with Crippen molar-refractivity contribution in [2.45, 2.75) is 44.8 Å². The highest BCUT2D eigenvalue weighted by molar-refractivity contribution is 5.93. The predicted octanol–water partition coefficient (Wildman–Crippen LogP) is -1.15. The van der Waals surface area contributed by atoms with Crippen molar-refractivity contribution in [3.05, 3.63) is 29.8 Å². The van der Waals surface area contributed by atoms with Crippen molar-refractivity contribution in [2.75, 3.05) is 0 Å². The molecule has 0 aromatic heterocycles. The second kappa shape index (κ2) is 10.3. The molecule has 10 heteroatoms. The van der Waals surface area contributed by atoms with Gasteiger partial charge in [0.05, 0.1) is 12.5 Å². The van der Waals surface area contributed by atoms with Crippen molar-refractivity contribution in [1.29, 1.82) is 0 Å². The highest BCUT2D eigenvalue weighted by Crippen LogP contribution is 2.12. The van der Waals surface area contributed by atoms with Crippen LogP contribution in [0.15, 0.2) is 24.3 Å². The van der Waals surface area contributed by atoms with Gasteiger partial charge < -0.3 is 32.3 Å². The number of carbonyl (C=O) groups is 4. The number of phenols is 1. The number of phenolic OH excluding ortho intramolecular Hbond substituents is 1. The molecule has 0 saturated heterocycles. The molecule has 0 bridgehead atoms. The van der Waals surface area contributed by atoms with E-state index in [1.165, 1.54) is 12.1 Å². The van der Waals surface area contributed by atoms with Crippen LogP contribution in [0.25, 0.3) is 0 Å². The Balaban J connectivity index is 2.83. The molecule has 28 heavy (non-hydrogen) atoms. The number of amides is 3. The van der Waals surface area contributed by atoms with Gasteiger partial charge in [-0.3, -0.25) is 14.4 Å². The molecule has 0 spiro atoms. The van der Waals surface area contributed by atoms with Crippen molar-refractivity contribution >= 4 is 23.7 Å². The van der Waals surface area contributed by atoms with Crippen molar-refractivity contribution in [3.8, 4) is 5.75 Å². The average Bonchev–Trinajstić information content (AvgIpc) is 2.59. The molecule has 0 radical (unpaired) electrons. The van der Waals surface area contributed by atoms with Crippen LogP contribution in [0, 0.1) is 5.92 Å². The number of nitrogens with one attached hydrogen (secondary N) is 2. The van der Waals surface area contributed by atoms with E-state index < -0.39 is 41.8 Å². The first kappa shape index (κ1) is 22.9. The van der Waals surface area contributed by atoms with Gasteiger partial charge in [0.25, 0.3) is 0 Å². The van der Waals surface area contributed by atoms with Gasteiger partial charge in [-0.25, -0.2) is 4.79 Å². The molecule has 0 heterocycles. The summed E-state index contributed by atoms with van der Waals surface area (Å²) in [5.41, 5.74) is 11.2. The number of primary amides is 1. The number of carbonyl (C=O) groups excluding carboxylic acids is 3. The Kier molecular flexibility index (Phi) is 8.39. The van der Waals surface area contributed by atoms with Gasteiger partial charge in [-0.15, -0.1) is 0 Å². The number of carboxylic acid groups (broad SMARTS) is 1. The molecule has 0 aliphatic heterocycles. The molecule has 1 aromatic rings. The minimum absolute atomic E-state index is 0.0126. The Bertz CT molecular complexity index is 719. The van der Waals surface area contributed by atoms with Crippen molar-refractivity contribution < 1.29 is 29.4 Å². The fourth-order valence-electron chi connectivity index (χ4n) is 2.43. The van der Waals surface area contributed by atoms with E-state index in [0.717, 1.165) is 0 Å². The lowest BCUT2D eigenvalue weighted by atomic mass is 10.0. The molecule has 0 fully saturated rings. The summed E-state index contributed by atoms with van der Waals surface area (Å²) in [7, 11) is 0. The number of benzene rings is 1. The Labute approximate surface area is 162 Å². The molecule has 1 aromatic carbocycles. The molecular formula is C18H26N4O6. The van der Waals surface area contributed by atoms with Gasteiger partial charge in [0, 0.05) is 6.42 Å². The maximum Gasteiger partial charge on any atom is 0.326 e. The summed E-state index contributed by atoms with van der Waals surface area (Å²) >= 11 is 0. The summed E-state index contributed by atoms with van der Waals surface area (Å²) in [5.74, 6) is -3.77. The SMILES string of the molecule is CC(C)C(NC(=O)C(N)CC(N)=O)C(=O)NC(Cc1ccc(O)cc1)C(=O)O.